The summed E-state index contributed by atoms with van der Waals surface area (Å²) in [5.41, 5.74) is 5.91. The predicted octanol–water partition coefficient (Wildman–Crippen LogP) is 2.23. The largest absolute Gasteiger partial charge is 0.388 e. The van der Waals surface area contributed by atoms with E-state index < -0.39 is 6.10 Å². The molecule has 3 heteroatoms. The van der Waals surface area contributed by atoms with Crippen LogP contribution in [0.4, 0.5) is 4.39 Å². The molecule has 0 aromatic heterocycles. The SMILES string of the molecule is CCCC(CN)C(O)c1ccccc1F. The molecule has 2 atom stereocenters. The molecule has 2 unspecified atom stereocenters. The van der Waals surface area contributed by atoms with E-state index in [1.54, 1.807) is 18.2 Å². The normalized spacial score (nSPS) is 14.9. The van der Waals surface area contributed by atoms with Crippen molar-refractivity contribution in [2.24, 2.45) is 11.7 Å². The third kappa shape index (κ3) is 3.01. The molecular formula is C12H18FNO. The van der Waals surface area contributed by atoms with E-state index >= 15 is 0 Å². The highest BCUT2D eigenvalue weighted by molar-refractivity contribution is 5.20. The van der Waals surface area contributed by atoms with Crippen molar-refractivity contribution in [1.29, 1.82) is 0 Å². The summed E-state index contributed by atoms with van der Waals surface area (Å²) in [6, 6.07) is 6.31. The van der Waals surface area contributed by atoms with E-state index in [4.69, 9.17) is 5.73 Å². The molecule has 0 radical (unpaired) electrons. The van der Waals surface area contributed by atoms with Crippen LogP contribution in [0.5, 0.6) is 0 Å². The zero-order chi connectivity index (χ0) is 11.3. The summed E-state index contributed by atoms with van der Waals surface area (Å²) in [5.74, 6) is -0.425. The summed E-state index contributed by atoms with van der Waals surface area (Å²) in [6.45, 7) is 2.40. The Morgan fingerprint density at radius 1 is 1.40 bits per heavy atom. The van der Waals surface area contributed by atoms with Crippen molar-refractivity contribution in [2.75, 3.05) is 6.54 Å². The van der Waals surface area contributed by atoms with Gasteiger partial charge in [-0.05, 0) is 19.0 Å². The van der Waals surface area contributed by atoms with Crippen LogP contribution in [0, 0.1) is 11.7 Å². The van der Waals surface area contributed by atoms with Crippen LogP contribution in [-0.2, 0) is 0 Å². The third-order valence-corrected chi connectivity index (χ3v) is 2.63. The van der Waals surface area contributed by atoms with Gasteiger partial charge in [-0.15, -0.1) is 0 Å². The first-order chi connectivity index (χ1) is 7.20. The lowest BCUT2D eigenvalue weighted by Gasteiger charge is -2.21. The molecule has 0 aliphatic heterocycles. The molecule has 1 aromatic rings. The van der Waals surface area contributed by atoms with E-state index in [2.05, 4.69) is 0 Å². The first-order valence-electron chi connectivity index (χ1n) is 5.33. The molecule has 0 saturated carbocycles. The maximum Gasteiger partial charge on any atom is 0.129 e. The second kappa shape index (κ2) is 5.83. The van der Waals surface area contributed by atoms with Crippen molar-refractivity contribution >= 4 is 0 Å². The van der Waals surface area contributed by atoms with Crippen LogP contribution >= 0.6 is 0 Å². The van der Waals surface area contributed by atoms with Gasteiger partial charge in [-0.25, -0.2) is 4.39 Å². The van der Waals surface area contributed by atoms with Crippen molar-refractivity contribution in [1.82, 2.24) is 0 Å². The van der Waals surface area contributed by atoms with Crippen molar-refractivity contribution in [3.05, 3.63) is 35.6 Å². The van der Waals surface area contributed by atoms with Crippen molar-refractivity contribution < 1.29 is 9.50 Å². The molecule has 0 aliphatic rings. The van der Waals surface area contributed by atoms with E-state index in [1.165, 1.54) is 6.07 Å². The first-order valence-corrected chi connectivity index (χ1v) is 5.33. The fourth-order valence-electron chi connectivity index (χ4n) is 1.74. The molecule has 3 N–H and O–H groups in total. The standard InChI is InChI=1S/C12H18FNO/c1-2-5-9(8-14)12(15)10-6-3-4-7-11(10)13/h3-4,6-7,9,12,15H,2,5,8,14H2,1H3. The lowest BCUT2D eigenvalue weighted by molar-refractivity contribution is 0.103. The molecule has 1 aromatic carbocycles. The Labute approximate surface area is 89.9 Å². The Morgan fingerprint density at radius 2 is 2.07 bits per heavy atom. The fourth-order valence-corrected chi connectivity index (χ4v) is 1.74. The molecule has 15 heavy (non-hydrogen) atoms. The van der Waals surface area contributed by atoms with Crippen LogP contribution in [0.25, 0.3) is 0 Å². The highest BCUT2D eigenvalue weighted by Crippen LogP contribution is 2.26. The fraction of sp³-hybridized carbons (Fsp3) is 0.500. The Hall–Kier alpha value is -0.930. The Morgan fingerprint density at radius 3 is 2.60 bits per heavy atom. The van der Waals surface area contributed by atoms with Gasteiger partial charge in [0.25, 0.3) is 0 Å². The minimum absolute atomic E-state index is 0.0631. The number of aliphatic hydroxyl groups excluding tert-OH is 1. The molecule has 0 bridgehead atoms. The average molecular weight is 211 g/mol. The van der Waals surface area contributed by atoms with Crippen LogP contribution in [0.15, 0.2) is 24.3 Å². The van der Waals surface area contributed by atoms with Gasteiger partial charge in [-0.3, -0.25) is 0 Å². The number of hydrogen-bond donors (Lipinski definition) is 2. The molecule has 84 valence electrons. The summed E-state index contributed by atoms with van der Waals surface area (Å²) < 4.78 is 13.4. The molecule has 0 fully saturated rings. The van der Waals surface area contributed by atoms with E-state index in [-0.39, 0.29) is 11.7 Å². The predicted molar refractivity (Wildman–Crippen MR) is 58.8 cm³/mol. The summed E-state index contributed by atoms with van der Waals surface area (Å²) >= 11 is 0. The Balaban J connectivity index is 2.82. The Bertz CT molecular complexity index is 303. The van der Waals surface area contributed by atoms with Gasteiger partial charge in [0.2, 0.25) is 0 Å². The summed E-state index contributed by atoms with van der Waals surface area (Å²) in [7, 11) is 0. The van der Waals surface area contributed by atoms with Crippen LogP contribution < -0.4 is 5.73 Å². The number of rotatable bonds is 5. The molecule has 0 saturated heterocycles. The number of aliphatic hydroxyl groups is 1. The van der Waals surface area contributed by atoms with E-state index in [9.17, 15) is 9.50 Å². The highest BCUT2D eigenvalue weighted by atomic mass is 19.1. The third-order valence-electron chi connectivity index (χ3n) is 2.63. The molecule has 1 rings (SSSR count). The van der Waals surface area contributed by atoms with Crippen LogP contribution in [0.2, 0.25) is 0 Å². The summed E-state index contributed by atoms with van der Waals surface area (Å²) in [6.07, 6.45) is 0.954. The number of hydrogen-bond acceptors (Lipinski definition) is 2. The molecule has 0 heterocycles. The maximum atomic E-state index is 13.4. The zero-order valence-electron chi connectivity index (χ0n) is 8.99. The molecule has 2 nitrogen and oxygen atoms in total. The minimum Gasteiger partial charge on any atom is -0.388 e. The monoisotopic (exact) mass is 211 g/mol. The van der Waals surface area contributed by atoms with E-state index in [1.807, 2.05) is 6.92 Å². The molecule has 0 spiro atoms. The van der Waals surface area contributed by atoms with Crippen molar-refractivity contribution in [3.8, 4) is 0 Å². The lowest BCUT2D eigenvalue weighted by atomic mass is 9.92. The van der Waals surface area contributed by atoms with Crippen molar-refractivity contribution in [3.63, 3.8) is 0 Å². The van der Waals surface area contributed by atoms with Gasteiger partial charge >= 0.3 is 0 Å². The van der Waals surface area contributed by atoms with E-state index in [0.717, 1.165) is 12.8 Å². The van der Waals surface area contributed by atoms with Crippen LogP contribution in [0.1, 0.15) is 31.4 Å². The smallest absolute Gasteiger partial charge is 0.129 e. The number of nitrogens with two attached hydrogens (primary N) is 1. The quantitative estimate of drug-likeness (QED) is 0.784. The molecular weight excluding hydrogens is 193 g/mol. The minimum atomic E-state index is -0.795. The molecule has 0 aliphatic carbocycles. The average Bonchev–Trinajstić information content (AvgIpc) is 2.25. The number of halogens is 1. The lowest BCUT2D eigenvalue weighted by Crippen LogP contribution is -2.22. The summed E-state index contributed by atoms with van der Waals surface area (Å²) in [5, 5.41) is 9.97. The van der Waals surface area contributed by atoms with Gasteiger partial charge in [0.05, 0.1) is 6.10 Å². The zero-order valence-corrected chi connectivity index (χ0v) is 8.99. The van der Waals surface area contributed by atoms with Gasteiger partial charge < -0.3 is 10.8 Å². The highest BCUT2D eigenvalue weighted by Gasteiger charge is 2.21. The maximum absolute atomic E-state index is 13.4. The first kappa shape index (κ1) is 12.1. The van der Waals surface area contributed by atoms with Crippen molar-refractivity contribution in [2.45, 2.75) is 25.9 Å². The number of benzene rings is 1. The topological polar surface area (TPSA) is 46.2 Å². The van der Waals surface area contributed by atoms with Gasteiger partial charge in [-0.2, -0.15) is 0 Å². The van der Waals surface area contributed by atoms with Gasteiger partial charge in [0.15, 0.2) is 0 Å². The van der Waals surface area contributed by atoms with Crippen LogP contribution in [-0.4, -0.2) is 11.7 Å². The second-order valence-electron chi connectivity index (χ2n) is 3.75. The summed E-state index contributed by atoms with van der Waals surface area (Å²) in [4.78, 5) is 0. The second-order valence-corrected chi connectivity index (χ2v) is 3.75. The Kier molecular flexibility index (Phi) is 4.72. The van der Waals surface area contributed by atoms with Gasteiger partial charge in [0.1, 0.15) is 5.82 Å². The molecule has 0 amide bonds. The van der Waals surface area contributed by atoms with E-state index in [0.29, 0.717) is 12.1 Å². The van der Waals surface area contributed by atoms with Gasteiger partial charge in [-0.1, -0.05) is 31.5 Å². The van der Waals surface area contributed by atoms with Gasteiger partial charge in [0, 0.05) is 11.5 Å². The van der Waals surface area contributed by atoms with Crippen LogP contribution in [0.3, 0.4) is 0 Å².